The molecule has 0 radical (unpaired) electrons. The van der Waals surface area contributed by atoms with E-state index < -0.39 is 5.97 Å². The van der Waals surface area contributed by atoms with E-state index in [1.807, 2.05) is 11.8 Å². The fourth-order valence-corrected chi connectivity index (χ4v) is 2.35. The molecule has 1 aromatic heterocycles. The van der Waals surface area contributed by atoms with E-state index >= 15 is 0 Å². The van der Waals surface area contributed by atoms with Crippen LogP contribution in [0.25, 0.3) is 0 Å². The smallest absolute Gasteiger partial charge is 0.322 e. The van der Waals surface area contributed by atoms with E-state index in [1.54, 1.807) is 12.1 Å². The normalized spacial score (nSPS) is 18.6. The molecule has 1 aromatic rings. The molecule has 1 saturated heterocycles. The highest BCUT2D eigenvalue weighted by molar-refractivity contribution is 5.89. The first-order valence-electron chi connectivity index (χ1n) is 6.80. The van der Waals surface area contributed by atoms with Gasteiger partial charge in [-0.15, -0.1) is 0 Å². The lowest BCUT2D eigenvalue weighted by Gasteiger charge is -2.33. The van der Waals surface area contributed by atoms with Gasteiger partial charge in [0, 0.05) is 12.6 Å². The predicted octanol–water partition coefficient (Wildman–Crippen LogP) is 2.12. The van der Waals surface area contributed by atoms with E-state index in [2.05, 4.69) is 10.3 Å². The van der Waals surface area contributed by atoms with E-state index in [0.717, 1.165) is 25.8 Å². The van der Waals surface area contributed by atoms with Crippen LogP contribution in [0.4, 0.5) is 10.5 Å². The summed E-state index contributed by atoms with van der Waals surface area (Å²) in [4.78, 5) is 28.5. The van der Waals surface area contributed by atoms with Crippen LogP contribution in [0.1, 0.15) is 31.9 Å². The molecule has 108 valence electrons. The molecule has 0 spiro atoms. The highest BCUT2D eigenvalue weighted by atomic mass is 16.4. The molecule has 6 heteroatoms. The van der Waals surface area contributed by atoms with Crippen LogP contribution in [0.15, 0.2) is 18.3 Å². The summed E-state index contributed by atoms with van der Waals surface area (Å²) in [6, 6.07) is 3.43. The number of amides is 2. The number of aliphatic carboxylic acids is 1. The summed E-state index contributed by atoms with van der Waals surface area (Å²) in [6.45, 7) is 2.82. The minimum Gasteiger partial charge on any atom is -0.481 e. The number of aromatic nitrogens is 1. The average molecular weight is 277 g/mol. The van der Waals surface area contributed by atoms with Crippen molar-refractivity contribution in [3.63, 3.8) is 0 Å². The van der Waals surface area contributed by atoms with E-state index in [1.165, 1.54) is 6.20 Å². The number of hydrogen-bond donors (Lipinski definition) is 2. The summed E-state index contributed by atoms with van der Waals surface area (Å²) in [5.41, 5.74) is 1.06. The van der Waals surface area contributed by atoms with Crippen LogP contribution in [0.5, 0.6) is 0 Å². The van der Waals surface area contributed by atoms with Gasteiger partial charge in [0.1, 0.15) is 0 Å². The Morgan fingerprint density at radius 1 is 1.45 bits per heavy atom. The van der Waals surface area contributed by atoms with Crippen LogP contribution in [-0.4, -0.2) is 39.6 Å². The third kappa shape index (κ3) is 3.69. The number of nitrogens with one attached hydrogen (secondary N) is 1. The molecule has 1 unspecified atom stereocenters. The molecule has 6 nitrogen and oxygen atoms in total. The summed E-state index contributed by atoms with van der Waals surface area (Å²) < 4.78 is 0. The van der Waals surface area contributed by atoms with E-state index in [4.69, 9.17) is 5.11 Å². The lowest BCUT2D eigenvalue weighted by molar-refractivity contribution is -0.136. The number of piperidine rings is 1. The van der Waals surface area contributed by atoms with Crippen LogP contribution in [0.3, 0.4) is 0 Å². The van der Waals surface area contributed by atoms with Crippen LogP contribution in [0, 0.1) is 0 Å². The van der Waals surface area contributed by atoms with Crippen molar-refractivity contribution in [3.05, 3.63) is 24.0 Å². The molecule has 20 heavy (non-hydrogen) atoms. The van der Waals surface area contributed by atoms with Crippen LogP contribution >= 0.6 is 0 Å². The van der Waals surface area contributed by atoms with Gasteiger partial charge in [-0.3, -0.25) is 9.78 Å². The van der Waals surface area contributed by atoms with Gasteiger partial charge in [0.2, 0.25) is 0 Å². The first-order valence-corrected chi connectivity index (χ1v) is 6.80. The van der Waals surface area contributed by atoms with Gasteiger partial charge in [-0.2, -0.15) is 0 Å². The molecule has 0 bridgehead atoms. The largest absolute Gasteiger partial charge is 0.481 e. The van der Waals surface area contributed by atoms with Crippen molar-refractivity contribution in [2.75, 3.05) is 11.9 Å². The zero-order valence-corrected chi connectivity index (χ0v) is 11.5. The maximum absolute atomic E-state index is 12.1. The van der Waals surface area contributed by atoms with Gasteiger partial charge >= 0.3 is 12.0 Å². The minimum absolute atomic E-state index is 0.114. The second-order valence-corrected chi connectivity index (χ2v) is 5.08. The van der Waals surface area contributed by atoms with E-state index in [-0.39, 0.29) is 18.5 Å². The number of urea groups is 1. The van der Waals surface area contributed by atoms with Crippen molar-refractivity contribution in [1.29, 1.82) is 0 Å². The predicted molar refractivity (Wildman–Crippen MR) is 74.6 cm³/mol. The number of pyridine rings is 1. The standard InChI is InChI=1S/C14H19N3O3/c1-10-4-2-3-7-17(10)14(20)16-12-6-5-11(15-9-12)8-13(18)19/h5-6,9-10H,2-4,7-8H2,1H3,(H,16,20)(H,18,19). The number of carboxylic acid groups (broad SMARTS) is 1. The zero-order chi connectivity index (χ0) is 14.5. The van der Waals surface area contributed by atoms with Crippen molar-refractivity contribution >= 4 is 17.7 Å². The molecular weight excluding hydrogens is 258 g/mol. The Balaban J connectivity index is 1.95. The van der Waals surface area contributed by atoms with Gasteiger partial charge in [-0.1, -0.05) is 0 Å². The van der Waals surface area contributed by atoms with Gasteiger partial charge in [0.15, 0.2) is 0 Å². The monoisotopic (exact) mass is 277 g/mol. The van der Waals surface area contributed by atoms with Gasteiger partial charge < -0.3 is 15.3 Å². The van der Waals surface area contributed by atoms with Crippen LogP contribution < -0.4 is 5.32 Å². The van der Waals surface area contributed by atoms with E-state index in [0.29, 0.717) is 11.4 Å². The third-order valence-corrected chi connectivity index (χ3v) is 3.47. The summed E-state index contributed by atoms with van der Waals surface area (Å²) in [6.07, 6.45) is 4.61. The molecule has 1 fully saturated rings. The number of nitrogens with zero attached hydrogens (tertiary/aromatic N) is 2. The molecule has 2 amide bonds. The minimum atomic E-state index is -0.920. The Hall–Kier alpha value is -2.11. The first kappa shape index (κ1) is 14.3. The molecule has 0 aromatic carbocycles. The maximum Gasteiger partial charge on any atom is 0.322 e. The lowest BCUT2D eigenvalue weighted by atomic mass is 10.0. The summed E-state index contributed by atoms with van der Waals surface area (Å²) in [5.74, 6) is -0.920. The van der Waals surface area contributed by atoms with E-state index in [9.17, 15) is 9.59 Å². The van der Waals surface area contributed by atoms with Gasteiger partial charge in [0.25, 0.3) is 0 Å². The van der Waals surface area contributed by atoms with Gasteiger partial charge in [0.05, 0.1) is 24.0 Å². The Bertz CT molecular complexity index is 487. The molecule has 1 aliphatic heterocycles. The van der Waals surface area contributed by atoms with Gasteiger partial charge in [-0.25, -0.2) is 4.79 Å². The van der Waals surface area contributed by atoms with Gasteiger partial charge in [-0.05, 0) is 38.3 Å². The SMILES string of the molecule is CC1CCCCN1C(=O)Nc1ccc(CC(=O)O)nc1. The van der Waals surface area contributed by atoms with Crippen molar-refractivity contribution in [2.24, 2.45) is 0 Å². The molecular formula is C14H19N3O3. The number of likely N-dealkylation sites (tertiary alicyclic amines) is 1. The van der Waals surface area contributed by atoms with Crippen molar-refractivity contribution in [1.82, 2.24) is 9.88 Å². The third-order valence-electron chi connectivity index (χ3n) is 3.47. The van der Waals surface area contributed by atoms with Crippen LogP contribution in [0.2, 0.25) is 0 Å². The number of hydrogen-bond acceptors (Lipinski definition) is 3. The Kier molecular flexibility index (Phi) is 4.55. The summed E-state index contributed by atoms with van der Waals surface area (Å²) >= 11 is 0. The summed E-state index contributed by atoms with van der Waals surface area (Å²) in [5, 5.41) is 11.5. The number of rotatable bonds is 3. The topological polar surface area (TPSA) is 82.5 Å². The van der Waals surface area contributed by atoms with Crippen molar-refractivity contribution < 1.29 is 14.7 Å². The number of anilines is 1. The molecule has 1 aliphatic rings. The molecule has 2 heterocycles. The molecule has 1 atom stereocenters. The maximum atomic E-state index is 12.1. The second-order valence-electron chi connectivity index (χ2n) is 5.08. The number of carbonyl (C=O) groups is 2. The Morgan fingerprint density at radius 2 is 2.25 bits per heavy atom. The van der Waals surface area contributed by atoms with Crippen molar-refractivity contribution in [3.8, 4) is 0 Å². The van der Waals surface area contributed by atoms with Crippen LogP contribution in [-0.2, 0) is 11.2 Å². The Morgan fingerprint density at radius 3 is 2.85 bits per heavy atom. The highest BCUT2D eigenvalue weighted by Gasteiger charge is 2.23. The summed E-state index contributed by atoms with van der Waals surface area (Å²) in [7, 11) is 0. The fourth-order valence-electron chi connectivity index (χ4n) is 2.35. The molecule has 2 rings (SSSR count). The molecule has 0 aliphatic carbocycles. The highest BCUT2D eigenvalue weighted by Crippen LogP contribution is 2.18. The number of carboxylic acids is 1. The quantitative estimate of drug-likeness (QED) is 0.886. The average Bonchev–Trinajstić information content (AvgIpc) is 2.41. The first-order chi connectivity index (χ1) is 9.56. The Labute approximate surface area is 117 Å². The molecule has 2 N–H and O–H groups in total. The second kappa shape index (κ2) is 6.36. The number of carbonyl (C=O) groups excluding carboxylic acids is 1. The fraction of sp³-hybridized carbons (Fsp3) is 0.500. The zero-order valence-electron chi connectivity index (χ0n) is 11.5. The van der Waals surface area contributed by atoms with Crippen molar-refractivity contribution in [2.45, 2.75) is 38.6 Å². The molecule has 0 saturated carbocycles. The lowest BCUT2D eigenvalue weighted by Crippen LogP contribution is -2.44.